The molecule has 84 heavy (non-hydrogen) atoms. The number of rotatable bonds is 10. The van der Waals surface area contributed by atoms with Crippen LogP contribution in [0.1, 0.15) is 99.5 Å². The minimum Gasteiger partial charge on any atom is -0.462 e. The number of carbonyl (C=O) groups is 1. The molecule has 0 amide bonds. The van der Waals surface area contributed by atoms with Crippen molar-refractivity contribution in [2.45, 2.75) is 198 Å². The van der Waals surface area contributed by atoms with Crippen molar-refractivity contribution < 1.29 is 72.2 Å². The maximum atomic E-state index is 14.3. The summed E-state index contributed by atoms with van der Waals surface area (Å²) in [4.78, 5) is 16.2. The van der Waals surface area contributed by atoms with Crippen LogP contribution in [-0.2, 0) is 52.2 Å². The highest BCUT2D eigenvalue weighted by molar-refractivity contribution is 7.80. The van der Waals surface area contributed by atoms with E-state index in [2.05, 4.69) is 71.0 Å². The molecule has 3 N–H and O–H groups in total. The van der Waals surface area contributed by atoms with Crippen molar-refractivity contribution in [2.24, 2.45) is 23.7 Å². The zero-order valence-electron chi connectivity index (χ0n) is 50.8. The normalized spacial score (nSPS) is 37.4. The van der Waals surface area contributed by atoms with Gasteiger partial charge in [-0.25, -0.2) is 0 Å². The lowest BCUT2D eigenvalue weighted by atomic mass is 9.71. The van der Waals surface area contributed by atoms with Crippen molar-refractivity contribution in [3.63, 3.8) is 0 Å². The molecule has 0 saturated carbocycles. The number of aryl methyl sites for hydroxylation is 1. The lowest BCUT2D eigenvalue weighted by molar-refractivity contribution is -0.318. The van der Waals surface area contributed by atoms with Gasteiger partial charge in [0, 0.05) is 64.5 Å². The van der Waals surface area contributed by atoms with Crippen LogP contribution >= 0.6 is 12.2 Å². The zero-order chi connectivity index (χ0) is 60.2. The number of thiocarbonyl (C=S) groups is 1. The molecule has 3 aromatic rings. The monoisotopic (exact) mass is 1180 g/mol. The molecule has 16 nitrogen and oxygen atoms in total. The van der Waals surface area contributed by atoms with Crippen molar-refractivity contribution in [3.05, 3.63) is 132 Å². The Morgan fingerprint density at radius 3 is 2.30 bits per heavy atom. The molecule has 4 saturated heterocycles. The number of benzene rings is 3. The fourth-order valence-electron chi connectivity index (χ4n) is 12.9. The van der Waals surface area contributed by atoms with E-state index in [4.69, 9.17) is 64.3 Å². The Morgan fingerprint density at radius 1 is 0.833 bits per heavy atom. The molecule has 1 aliphatic carbocycles. The van der Waals surface area contributed by atoms with E-state index in [1.807, 2.05) is 86.5 Å². The molecule has 1 spiro atoms. The third-order valence-electron chi connectivity index (χ3n) is 18.1. The van der Waals surface area contributed by atoms with Crippen LogP contribution in [0.2, 0.25) is 0 Å². The molecule has 2 bridgehead atoms. The number of esters is 1. The summed E-state index contributed by atoms with van der Waals surface area (Å²) < 4.78 is 69.5. The van der Waals surface area contributed by atoms with Gasteiger partial charge in [-0.3, -0.25) is 4.79 Å². The van der Waals surface area contributed by atoms with Gasteiger partial charge in [-0.1, -0.05) is 113 Å². The first kappa shape index (κ1) is 63.8. The number of allylic oxidation sites excluding steroid dienone is 2. The second kappa shape index (κ2) is 27.6. The van der Waals surface area contributed by atoms with Gasteiger partial charge in [0.15, 0.2) is 18.4 Å². The number of ether oxygens (including phenoxy) is 11. The molecule has 3 aromatic carbocycles. The number of nitrogens with zero attached hydrogens (tertiary/aromatic N) is 1. The summed E-state index contributed by atoms with van der Waals surface area (Å²) >= 11 is 5.41. The molecule has 0 aromatic heterocycles. The largest absolute Gasteiger partial charge is 0.462 e. The van der Waals surface area contributed by atoms with E-state index >= 15 is 0 Å². The molecule has 458 valence electrons. The van der Waals surface area contributed by atoms with Crippen LogP contribution in [0.15, 0.2) is 126 Å². The van der Waals surface area contributed by atoms with Gasteiger partial charge in [0.2, 0.25) is 0 Å². The number of aliphatic hydroxyl groups is 3. The molecular weight excluding hydrogens is 1090 g/mol. The van der Waals surface area contributed by atoms with Crippen LogP contribution in [0.3, 0.4) is 0 Å². The average Bonchev–Trinajstić information content (AvgIpc) is 3.07. The van der Waals surface area contributed by atoms with Crippen LogP contribution < -0.4 is 9.64 Å². The Bertz CT molecular complexity index is 2930. The van der Waals surface area contributed by atoms with E-state index in [-0.39, 0.29) is 42.7 Å². The Hall–Kier alpha value is -4.70. The molecule has 0 radical (unpaired) electrons. The summed E-state index contributed by atoms with van der Waals surface area (Å²) in [7, 11) is 5.13. The van der Waals surface area contributed by atoms with Gasteiger partial charge in [-0.15, -0.1) is 0 Å². The van der Waals surface area contributed by atoms with Crippen LogP contribution in [0.5, 0.6) is 5.75 Å². The minimum absolute atomic E-state index is 0.0317. The standard InChI is InChI=1S/C48H72O14.C19H17NOS/c1-11-25(2)43-28(5)17-18-47(62-43)23-34-20-33(61-47)16-15-27(4)42(26(3)13-12-14-32-24-55-45-40(49)29(6)19-35(46(51)58-34)48(32,45)52)59-39-22-37(54-10)44(31(8)57-39)60-38-21-36(53-9)41(50)30(7)56-38;1-14-6-5-9-17(12-14)20(2)19(22)21-18-11-10-15-7-3-4-8-16(15)13-18/h12-15,17-19,25-26,28,30-31,33-45,49-50,52H,11,16,20-24H2,1-10H3;3-13H,1-2H3. The van der Waals surface area contributed by atoms with Gasteiger partial charge in [0.1, 0.15) is 47.8 Å². The third-order valence-corrected chi connectivity index (χ3v) is 18.5. The quantitative estimate of drug-likeness (QED) is 0.0989. The summed E-state index contributed by atoms with van der Waals surface area (Å²) in [5.74, 6) is -1.81. The average molecular weight is 1180 g/mol. The number of carbonyl (C=O) groups excluding carboxylic acids is 1. The number of fused-ring (bicyclic) bond motifs is 3. The topological polar surface area (TPSA) is 183 Å². The van der Waals surface area contributed by atoms with Crippen molar-refractivity contribution >= 4 is 39.8 Å². The maximum Gasteiger partial charge on any atom is 0.316 e. The van der Waals surface area contributed by atoms with Gasteiger partial charge in [-0.05, 0) is 123 Å². The molecule has 7 aliphatic rings. The molecule has 10 rings (SSSR count). The zero-order valence-corrected chi connectivity index (χ0v) is 51.6. The van der Waals surface area contributed by atoms with Gasteiger partial charge >= 0.3 is 5.97 Å². The van der Waals surface area contributed by atoms with Crippen LogP contribution in [0.4, 0.5) is 5.69 Å². The SMILES string of the molecule is CCC(C)C1OC2(C=CC1C)CC1CC(CC=C(C)C(OC3CC(OC)C(OC4CC(OC)C(O)C(C)O4)C(C)O3)C(C)C=CC=C3COC4C(O)C(C)=CC(C(=O)O1)C34O)O2.Cc1cccc(N(C)C(=S)Oc2ccc3ccccc3c2)c1. The van der Waals surface area contributed by atoms with Crippen molar-refractivity contribution in [3.8, 4) is 5.75 Å². The summed E-state index contributed by atoms with van der Waals surface area (Å²) in [6.07, 6.45) is 8.55. The summed E-state index contributed by atoms with van der Waals surface area (Å²) in [6, 6.07) is 22.3. The van der Waals surface area contributed by atoms with E-state index < -0.39 is 90.8 Å². The Balaban J connectivity index is 0.000000320. The predicted molar refractivity (Wildman–Crippen MR) is 324 cm³/mol. The van der Waals surface area contributed by atoms with Crippen molar-refractivity contribution in [1.29, 1.82) is 0 Å². The van der Waals surface area contributed by atoms with Crippen LogP contribution in [0.25, 0.3) is 10.8 Å². The maximum absolute atomic E-state index is 14.3. The number of hydrogen-bond acceptors (Lipinski definition) is 16. The van der Waals surface area contributed by atoms with Gasteiger partial charge in [0.25, 0.3) is 5.17 Å². The molecular formula is C67H89NO15S. The van der Waals surface area contributed by atoms with Crippen LogP contribution in [-0.4, -0.2) is 152 Å². The van der Waals surface area contributed by atoms with E-state index in [9.17, 15) is 20.1 Å². The molecule has 6 aliphatic heterocycles. The summed E-state index contributed by atoms with van der Waals surface area (Å²) in [5.41, 5.74) is 2.35. The lowest BCUT2D eigenvalue weighted by Gasteiger charge is -2.48. The fourth-order valence-corrected chi connectivity index (χ4v) is 13.1. The Kier molecular flexibility index (Phi) is 20.9. The van der Waals surface area contributed by atoms with Crippen LogP contribution in [0, 0.1) is 30.6 Å². The highest BCUT2D eigenvalue weighted by atomic mass is 32.1. The highest BCUT2D eigenvalue weighted by Gasteiger charge is 2.60. The Labute approximate surface area is 501 Å². The lowest BCUT2D eigenvalue weighted by Crippen LogP contribution is -2.58. The summed E-state index contributed by atoms with van der Waals surface area (Å²) in [5, 5.41) is 37.0. The number of anilines is 1. The van der Waals surface area contributed by atoms with Gasteiger partial charge in [0.05, 0.1) is 49.3 Å². The first-order chi connectivity index (χ1) is 40.1. The van der Waals surface area contributed by atoms with Crippen molar-refractivity contribution in [1.82, 2.24) is 0 Å². The molecule has 20 atom stereocenters. The first-order valence-corrected chi connectivity index (χ1v) is 30.4. The number of methoxy groups -OCH3 is 2. The fraction of sp³-hybridized carbons (Fsp3) is 0.582. The minimum atomic E-state index is -1.84. The number of hydrogen-bond donors (Lipinski definition) is 3. The molecule has 6 heterocycles. The second-order valence-electron chi connectivity index (χ2n) is 24.2. The van der Waals surface area contributed by atoms with E-state index in [0.29, 0.717) is 48.4 Å². The number of aliphatic hydroxyl groups excluding tert-OH is 2. The second-order valence-corrected chi connectivity index (χ2v) is 24.6. The van der Waals surface area contributed by atoms with E-state index in [0.717, 1.165) is 28.8 Å². The van der Waals surface area contributed by atoms with Gasteiger partial charge < -0.3 is 72.3 Å². The van der Waals surface area contributed by atoms with E-state index in [1.54, 1.807) is 40.2 Å². The summed E-state index contributed by atoms with van der Waals surface area (Å²) in [6.45, 7) is 18.1. The van der Waals surface area contributed by atoms with Gasteiger partial charge in [-0.2, -0.15) is 0 Å². The smallest absolute Gasteiger partial charge is 0.316 e. The third kappa shape index (κ3) is 14.2. The molecule has 4 fully saturated rings. The molecule has 17 heteroatoms. The van der Waals surface area contributed by atoms with E-state index in [1.165, 1.54) is 10.9 Å². The predicted octanol–water partition coefficient (Wildman–Crippen LogP) is 10.3. The Morgan fingerprint density at radius 2 is 1.56 bits per heavy atom. The highest BCUT2D eigenvalue weighted by Crippen LogP contribution is 2.47. The molecule has 20 unspecified atom stereocenters. The van der Waals surface area contributed by atoms with Crippen molar-refractivity contribution in [2.75, 3.05) is 32.8 Å². The first-order valence-electron chi connectivity index (χ1n) is 30.0.